The van der Waals surface area contributed by atoms with E-state index in [1.54, 1.807) is 12.1 Å². The van der Waals surface area contributed by atoms with Crippen molar-refractivity contribution >= 4 is 11.6 Å². The van der Waals surface area contributed by atoms with E-state index in [-0.39, 0.29) is 11.9 Å². The molecule has 0 spiro atoms. The molecule has 2 aromatic carbocycles. The quantitative estimate of drug-likeness (QED) is 0.704. The molecule has 0 aliphatic carbocycles. The van der Waals surface area contributed by atoms with Gasteiger partial charge in [-0.15, -0.1) is 0 Å². The molecule has 0 bridgehead atoms. The lowest BCUT2D eigenvalue weighted by Gasteiger charge is -2.31. The number of nitrogens with zero attached hydrogens (tertiary/aromatic N) is 3. The molecule has 2 aliphatic heterocycles. The smallest absolute Gasteiger partial charge is 0.257 e. The van der Waals surface area contributed by atoms with Crippen molar-refractivity contribution in [1.82, 2.24) is 9.91 Å². The minimum Gasteiger partial charge on any atom is -0.497 e. The van der Waals surface area contributed by atoms with E-state index in [1.807, 2.05) is 18.2 Å². The molecule has 5 heteroatoms. The van der Waals surface area contributed by atoms with Gasteiger partial charge in [-0.05, 0) is 75.0 Å². The van der Waals surface area contributed by atoms with Crippen molar-refractivity contribution in [2.75, 3.05) is 26.7 Å². The topological polar surface area (TPSA) is 45.1 Å². The fraction of sp³-hybridized carbons (Fsp3) is 0.462. The van der Waals surface area contributed by atoms with Gasteiger partial charge in [0, 0.05) is 12.0 Å². The number of likely N-dealkylation sites (tertiary alicyclic amines) is 1. The maximum Gasteiger partial charge on any atom is 0.257 e. The van der Waals surface area contributed by atoms with Crippen LogP contribution in [0.3, 0.4) is 0 Å². The summed E-state index contributed by atoms with van der Waals surface area (Å²) in [5.41, 5.74) is 5.56. The fourth-order valence-electron chi connectivity index (χ4n) is 4.54. The third-order valence-corrected chi connectivity index (χ3v) is 6.58. The second-order valence-electron chi connectivity index (χ2n) is 9.06. The van der Waals surface area contributed by atoms with E-state index >= 15 is 0 Å². The van der Waals surface area contributed by atoms with Crippen LogP contribution in [0.5, 0.6) is 5.75 Å². The van der Waals surface area contributed by atoms with Crippen LogP contribution < -0.4 is 4.74 Å². The Labute approximate surface area is 185 Å². The summed E-state index contributed by atoms with van der Waals surface area (Å²) in [5, 5.41) is 6.61. The Hall–Kier alpha value is -2.66. The third kappa shape index (κ3) is 4.82. The lowest BCUT2D eigenvalue weighted by molar-refractivity contribution is -0.134. The average molecular weight is 420 g/mol. The molecule has 2 aliphatic rings. The van der Waals surface area contributed by atoms with Crippen molar-refractivity contribution in [2.24, 2.45) is 11.0 Å². The van der Waals surface area contributed by atoms with Gasteiger partial charge in [0.25, 0.3) is 5.91 Å². The lowest BCUT2D eigenvalue weighted by atomic mass is 9.95. The number of hydrazone groups is 1. The van der Waals surface area contributed by atoms with Gasteiger partial charge in [-0.1, -0.05) is 36.8 Å². The van der Waals surface area contributed by atoms with Crippen molar-refractivity contribution in [3.8, 4) is 5.75 Å². The van der Waals surface area contributed by atoms with E-state index in [0.717, 1.165) is 54.4 Å². The lowest BCUT2D eigenvalue weighted by Crippen LogP contribution is -2.41. The third-order valence-electron chi connectivity index (χ3n) is 6.58. The van der Waals surface area contributed by atoms with Crippen LogP contribution in [0.4, 0.5) is 0 Å². The molecule has 5 nitrogen and oxygen atoms in total. The average Bonchev–Trinajstić information content (AvgIpc) is 3.22. The Kier molecular flexibility index (Phi) is 6.42. The number of piperidine rings is 1. The molecule has 0 N–H and O–H groups in total. The maximum absolute atomic E-state index is 13.4. The van der Waals surface area contributed by atoms with Gasteiger partial charge in [-0.3, -0.25) is 9.69 Å². The van der Waals surface area contributed by atoms with Gasteiger partial charge in [-0.25, -0.2) is 5.01 Å². The highest BCUT2D eigenvalue weighted by Gasteiger charge is 2.34. The minimum absolute atomic E-state index is 0.0719. The van der Waals surface area contributed by atoms with Gasteiger partial charge in [0.15, 0.2) is 0 Å². The van der Waals surface area contributed by atoms with Crippen molar-refractivity contribution < 1.29 is 9.53 Å². The summed E-state index contributed by atoms with van der Waals surface area (Å²) in [6, 6.07) is 14.3. The zero-order chi connectivity index (χ0) is 22.0. The van der Waals surface area contributed by atoms with Crippen LogP contribution >= 0.6 is 0 Å². The summed E-state index contributed by atoms with van der Waals surface area (Å²) in [7, 11) is 1.67. The molecule has 1 atom stereocenters. The second-order valence-corrected chi connectivity index (χ2v) is 9.06. The molecule has 1 saturated heterocycles. The Bertz CT molecular complexity index is 976. The molecular formula is C26H33N3O2. The highest BCUT2D eigenvalue weighted by atomic mass is 16.5. The van der Waals surface area contributed by atoms with E-state index < -0.39 is 0 Å². The molecule has 1 amide bonds. The van der Waals surface area contributed by atoms with Gasteiger partial charge in [0.05, 0.1) is 25.4 Å². The van der Waals surface area contributed by atoms with E-state index in [9.17, 15) is 4.79 Å². The van der Waals surface area contributed by atoms with Gasteiger partial charge < -0.3 is 4.74 Å². The van der Waals surface area contributed by atoms with E-state index in [0.29, 0.717) is 13.0 Å². The summed E-state index contributed by atoms with van der Waals surface area (Å²) in [4.78, 5) is 15.7. The monoisotopic (exact) mass is 419 g/mol. The first-order valence-electron chi connectivity index (χ1n) is 11.3. The number of carbonyl (C=O) groups is 1. The number of ether oxygens (including phenoxy) is 1. The number of carbonyl (C=O) groups excluding carboxylic acids is 1. The predicted molar refractivity (Wildman–Crippen MR) is 124 cm³/mol. The number of hydrogen-bond donors (Lipinski definition) is 0. The number of methoxy groups -OCH3 is 1. The molecule has 164 valence electrons. The molecule has 31 heavy (non-hydrogen) atoms. The molecule has 1 fully saturated rings. The van der Waals surface area contributed by atoms with Crippen LogP contribution in [0.1, 0.15) is 54.5 Å². The van der Waals surface area contributed by atoms with Crippen LogP contribution in [0.15, 0.2) is 47.6 Å². The molecular weight excluding hydrogens is 386 g/mol. The van der Waals surface area contributed by atoms with Crippen LogP contribution in [0, 0.1) is 19.8 Å². The number of amides is 1. The van der Waals surface area contributed by atoms with E-state index in [1.165, 1.54) is 11.1 Å². The molecule has 0 unspecified atom stereocenters. The number of rotatable bonds is 5. The molecule has 0 aromatic heterocycles. The van der Waals surface area contributed by atoms with Crippen molar-refractivity contribution in [1.29, 1.82) is 0 Å². The zero-order valence-corrected chi connectivity index (χ0v) is 19.1. The molecule has 0 radical (unpaired) electrons. The van der Waals surface area contributed by atoms with Crippen molar-refractivity contribution in [3.05, 3.63) is 64.7 Å². The number of benzene rings is 2. The first-order valence-corrected chi connectivity index (χ1v) is 11.3. The second kappa shape index (κ2) is 9.23. The van der Waals surface area contributed by atoms with Crippen molar-refractivity contribution in [2.45, 2.75) is 46.1 Å². The number of aryl methyl sites for hydroxylation is 2. The standard InChI is InChI=1S/C26H33N3O2/c1-18-10-12-28(13-11-18)17-26(30)29-25(21-6-5-7-22(15-21)31-4)16-24(27-29)23-14-19(2)8-9-20(23)3/h5-9,14-15,18,25H,10-13,16-17H2,1-4H3/t25-/m1/s1. The molecule has 2 heterocycles. The zero-order valence-electron chi connectivity index (χ0n) is 19.1. The Morgan fingerprint density at radius 1 is 1.13 bits per heavy atom. The van der Waals surface area contributed by atoms with Crippen LogP contribution in [-0.2, 0) is 4.79 Å². The Balaban J connectivity index is 1.63. The molecule has 0 saturated carbocycles. The minimum atomic E-state index is -0.110. The highest BCUT2D eigenvalue weighted by Crippen LogP contribution is 2.35. The largest absolute Gasteiger partial charge is 0.497 e. The maximum atomic E-state index is 13.4. The highest BCUT2D eigenvalue weighted by molar-refractivity contribution is 6.04. The summed E-state index contributed by atoms with van der Waals surface area (Å²) >= 11 is 0. The first-order chi connectivity index (χ1) is 14.9. The molecule has 4 rings (SSSR count). The fourth-order valence-corrected chi connectivity index (χ4v) is 4.54. The first kappa shape index (κ1) is 21.6. The summed E-state index contributed by atoms with van der Waals surface area (Å²) < 4.78 is 5.44. The Morgan fingerprint density at radius 2 is 1.90 bits per heavy atom. The van der Waals surface area contributed by atoms with E-state index in [4.69, 9.17) is 9.84 Å². The van der Waals surface area contributed by atoms with Gasteiger partial charge in [-0.2, -0.15) is 5.10 Å². The van der Waals surface area contributed by atoms with Crippen LogP contribution in [0.25, 0.3) is 0 Å². The SMILES string of the molecule is COc1cccc([C@H]2CC(c3cc(C)ccc3C)=NN2C(=O)CN2CCC(C)CC2)c1. The summed E-state index contributed by atoms with van der Waals surface area (Å²) in [6.45, 7) is 8.89. The number of hydrogen-bond acceptors (Lipinski definition) is 4. The van der Waals surface area contributed by atoms with Gasteiger partial charge in [0.1, 0.15) is 5.75 Å². The van der Waals surface area contributed by atoms with Crippen molar-refractivity contribution in [3.63, 3.8) is 0 Å². The summed E-state index contributed by atoms with van der Waals surface area (Å²) in [6.07, 6.45) is 3.02. The van der Waals surface area contributed by atoms with Crippen LogP contribution in [0.2, 0.25) is 0 Å². The Morgan fingerprint density at radius 3 is 2.65 bits per heavy atom. The van der Waals surface area contributed by atoms with Crippen LogP contribution in [-0.4, -0.2) is 48.3 Å². The molecule has 2 aromatic rings. The summed E-state index contributed by atoms with van der Waals surface area (Å²) in [5.74, 6) is 1.62. The van der Waals surface area contributed by atoms with Gasteiger partial charge >= 0.3 is 0 Å². The van der Waals surface area contributed by atoms with E-state index in [2.05, 4.69) is 49.9 Å². The normalized spacial score (nSPS) is 20.1. The predicted octanol–water partition coefficient (Wildman–Crippen LogP) is 4.72. The van der Waals surface area contributed by atoms with Gasteiger partial charge in [0.2, 0.25) is 0 Å².